The van der Waals surface area contributed by atoms with Gasteiger partial charge in [0.15, 0.2) is 0 Å². The van der Waals surface area contributed by atoms with Gasteiger partial charge in [0.25, 0.3) is 0 Å². The second-order valence-electron chi connectivity index (χ2n) is 6.64. The van der Waals surface area contributed by atoms with E-state index in [-0.39, 0.29) is 0 Å². The molecule has 116 valence electrons. The summed E-state index contributed by atoms with van der Waals surface area (Å²) in [5.74, 6) is 0. The van der Waals surface area contributed by atoms with Crippen molar-refractivity contribution < 1.29 is 0 Å². The number of nitrogens with zero attached hydrogens (tertiary/aromatic N) is 2. The first-order valence-electron chi connectivity index (χ1n) is 8.60. The van der Waals surface area contributed by atoms with E-state index in [9.17, 15) is 0 Å². The quantitative estimate of drug-likeness (QED) is 0.763. The molecule has 1 fully saturated rings. The first-order chi connectivity index (χ1) is 11.4. The monoisotopic (exact) mass is 303 g/mol. The summed E-state index contributed by atoms with van der Waals surface area (Å²) in [5, 5.41) is 6.48. The van der Waals surface area contributed by atoms with Crippen molar-refractivity contribution >= 4 is 16.6 Å². The molecule has 23 heavy (non-hydrogen) atoms. The number of hydrazine groups is 1. The molecule has 1 aromatic heterocycles. The van der Waals surface area contributed by atoms with Crippen LogP contribution in [0.4, 0.5) is 5.69 Å². The Morgan fingerprint density at radius 1 is 0.913 bits per heavy atom. The summed E-state index contributed by atoms with van der Waals surface area (Å²) in [6.45, 7) is 2.35. The molecule has 0 aliphatic carbocycles. The number of aromatic nitrogens is 1. The molecule has 3 heteroatoms. The van der Waals surface area contributed by atoms with E-state index >= 15 is 0 Å². The number of para-hydroxylation sites is 2. The Hall–Kier alpha value is -2.26. The standard InChI is InChI=1S/C20H21N3/c1-4-10-19-15(7-1)13-20(23(19)22-11-5-6-12-22)17-14-21-18-9-3-2-8-16(17)18/h1-4,7-10,14,20-21H,5-6,11-13H2. The maximum atomic E-state index is 3.46. The highest BCUT2D eigenvalue weighted by atomic mass is 15.6. The van der Waals surface area contributed by atoms with Crippen LogP contribution in [0, 0.1) is 0 Å². The van der Waals surface area contributed by atoms with Gasteiger partial charge >= 0.3 is 0 Å². The van der Waals surface area contributed by atoms with E-state index in [2.05, 4.69) is 69.7 Å². The summed E-state index contributed by atoms with van der Waals surface area (Å²) in [5.41, 5.74) is 5.52. The molecule has 3 aromatic rings. The maximum Gasteiger partial charge on any atom is 0.0768 e. The largest absolute Gasteiger partial charge is 0.361 e. The van der Waals surface area contributed by atoms with Gasteiger partial charge in [-0.2, -0.15) is 0 Å². The molecule has 1 unspecified atom stereocenters. The van der Waals surface area contributed by atoms with Crippen molar-refractivity contribution in [2.45, 2.75) is 25.3 Å². The van der Waals surface area contributed by atoms with E-state index in [4.69, 9.17) is 0 Å². The number of rotatable bonds is 2. The van der Waals surface area contributed by atoms with Crippen LogP contribution in [0.1, 0.15) is 30.0 Å². The molecule has 3 nitrogen and oxygen atoms in total. The lowest BCUT2D eigenvalue weighted by Gasteiger charge is -2.35. The fraction of sp³-hybridized carbons (Fsp3) is 0.300. The molecule has 0 radical (unpaired) electrons. The molecule has 0 spiro atoms. The van der Waals surface area contributed by atoms with Crippen LogP contribution in [-0.2, 0) is 6.42 Å². The van der Waals surface area contributed by atoms with Gasteiger partial charge in [0.1, 0.15) is 0 Å². The Labute approximate surface area is 136 Å². The average Bonchev–Trinajstić information content (AvgIpc) is 3.31. The molecule has 1 saturated heterocycles. The summed E-state index contributed by atoms with van der Waals surface area (Å²) >= 11 is 0. The van der Waals surface area contributed by atoms with E-state index < -0.39 is 0 Å². The zero-order valence-corrected chi connectivity index (χ0v) is 13.2. The van der Waals surface area contributed by atoms with E-state index in [1.54, 1.807) is 0 Å². The van der Waals surface area contributed by atoms with Crippen LogP contribution in [0.25, 0.3) is 10.9 Å². The highest BCUT2D eigenvalue weighted by Gasteiger charge is 2.36. The molecule has 1 atom stereocenters. The van der Waals surface area contributed by atoms with Crippen LogP contribution in [0.15, 0.2) is 54.7 Å². The summed E-state index contributed by atoms with van der Waals surface area (Å²) in [7, 11) is 0. The Morgan fingerprint density at radius 3 is 2.61 bits per heavy atom. The van der Waals surface area contributed by atoms with Gasteiger partial charge in [0.05, 0.1) is 11.7 Å². The summed E-state index contributed by atoms with van der Waals surface area (Å²) in [6.07, 6.45) is 5.91. The molecule has 2 aromatic carbocycles. The predicted octanol–water partition coefficient (Wildman–Crippen LogP) is 4.28. The summed E-state index contributed by atoms with van der Waals surface area (Å²) < 4.78 is 0. The molecule has 2 aliphatic heterocycles. The molecular formula is C20H21N3. The van der Waals surface area contributed by atoms with Gasteiger partial charge in [-0.15, -0.1) is 0 Å². The van der Waals surface area contributed by atoms with Crippen LogP contribution in [0.2, 0.25) is 0 Å². The average molecular weight is 303 g/mol. The number of benzene rings is 2. The van der Waals surface area contributed by atoms with Crippen LogP contribution >= 0.6 is 0 Å². The third-order valence-corrected chi connectivity index (χ3v) is 5.31. The van der Waals surface area contributed by atoms with Crippen LogP contribution in [0.5, 0.6) is 0 Å². The van der Waals surface area contributed by atoms with Gasteiger partial charge in [0.2, 0.25) is 0 Å². The van der Waals surface area contributed by atoms with E-state index in [1.165, 1.54) is 53.6 Å². The summed E-state index contributed by atoms with van der Waals surface area (Å²) in [4.78, 5) is 3.46. The first kappa shape index (κ1) is 13.2. The Bertz CT molecular complexity index is 845. The molecule has 1 N–H and O–H groups in total. The number of aromatic amines is 1. The van der Waals surface area contributed by atoms with Gasteiger partial charge < -0.3 is 4.98 Å². The number of nitrogens with one attached hydrogen (secondary N) is 1. The Morgan fingerprint density at radius 2 is 1.70 bits per heavy atom. The topological polar surface area (TPSA) is 22.3 Å². The summed E-state index contributed by atoms with van der Waals surface area (Å²) in [6, 6.07) is 18.0. The maximum absolute atomic E-state index is 3.46. The predicted molar refractivity (Wildman–Crippen MR) is 94.5 cm³/mol. The highest BCUT2D eigenvalue weighted by Crippen LogP contribution is 2.43. The third-order valence-electron chi connectivity index (χ3n) is 5.31. The molecule has 0 bridgehead atoms. The van der Waals surface area contributed by atoms with Gasteiger partial charge in [-0.3, -0.25) is 5.01 Å². The number of hydrogen-bond donors (Lipinski definition) is 1. The first-order valence-corrected chi connectivity index (χ1v) is 8.60. The molecule has 0 saturated carbocycles. The SMILES string of the molecule is c1ccc2c(c1)CC(c1c[nH]c3ccccc13)N2N1CCCC1. The van der Waals surface area contributed by atoms with Crippen molar-refractivity contribution in [2.24, 2.45) is 0 Å². The fourth-order valence-corrected chi connectivity index (χ4v) is 4.25. The zero-order chi connectivity index (χ0) is 15.2. The van der Waals surface area contributed by atoms with Crippen molar-refractivity contribution in [1.29, 1.82) is 0 Å². The molecular weight excluding hydrogens is 282 g/mol. The Balaban J connectivity index is 1.64. The number of anilines is 1. The molecule has 0 amide bonds. The smallest absolute Gasteiger partial charge is 0.0768 e. The minimum Gasteiger partial charge on any atom is -0.361 e. The van der Waals surface area contributed by atoms with Crippen molar-refractivity contribution in [2.75, 3.05) is 18.1 Å². The normalized spacial score (nSPS) is 21.2. The van der Waals surface area contributed by atoms with E-state index in [1.807, 2.05) is 0 Å². The minimum absolute atomic E-state index is 0.404. The lowest BCUT2D eigenvalue weighted by Crippen LogP contribution is -2.41. The molecule has 2 aliphatic rings. The van der Waals surface area contributed by atoms with Gasteiger partial charge in [-0.05, 0) is 30.5 Å². The van der Waals surface area contributed by atoms with E-state index in [0.29, 0.717) is 6.04 Å². The van der Waals surface area contributed by atoms with Crippen LogP contribution in [-0.4, -0.2) is 23.1 Å². The van der Waals surface area contributed by atoms with Gasteiger partial charge in [-0.1, -0.05) is 36.4 Å². The van der Waals surface area contributed by atoms with Crippen molar-refractivity contribution in [3.8, 4) is 0 Å². The highest BCUT2D eigenvalue weighted by molar-refractivity contribution is 5.84. The minimum atomic E-state index is 0.404. The zero-order valence-electron chi connectivity index (χ0n) is 13.2. The number of hydrogen-bond acceptors (Lipinski definition) is 2. The molecule has 5 rings (SSSR count). The van der Waals surface area contributed by atoms with Crippen LogP contribution < -0.4 is 5.01 Å². The van der Waals surface area contributed by atoms with Crippen molar-refractivity contribution in [3.63, 3.8) is 0 Å². The van der Waals surface area contributed by atoms with Crippen molar-refractivity contribution in [3.05, 3.63) is 65.9 Å². The lowest BCUT2D eigenvalue weighted by atomic mass is 10.0. The second-order valence-corrected chi connectivity index (χ2v) is 6.64. The second kappa shape index (κ2) is 5.14. The fourth-order valence-electron chi connectivity index (χ4n) is 4.25. The van der Waals surface area contributed by atoms with Gasteiger partial charge in [-0.25, -0.2) is 5.01 Å². The van der Waals surface area contributed by atoms with Crippen LogP contribution in [0.3, 0.4) is 0 Å². The number of fused-ring (bicyclic) bond motifs is 2. The van der Waals surface area contributed by atoms with Crippen molar-refractivity contribution in [1.82, 2.24) is 9.99 Å². The Kier molecular flexibility index (Phi) is 2.95. The van der Waals surface area contributed by atoms with E-state index in [0.717, 1.165) is 6.42 Å². The number of H-pyrrole nitrogens is 1. The third kappa shape index (κ3) is 2.00. The van der Waals surface area contributed by atoms with Gasteiger partial charge in [0, 0.05) is 42.2 Å². The lowest BCUT2D eigenvalue weighted by molar-refractivity contribution is 0.283. The molecule has 3 heterocycles.